The highest BCUT2D eigenvalue weighted by molar-refractivity contribution is 7.09. The Labute approximate surface area is 112 Å². The molecule has 6 heteroatoms. The lowest BCUT2D eigenvalue weighted by molar-refractivity contribution is 0.0528. The Balaban J connectivity index is 2.05. The molecule has 5 nitrogen and oxygen atoms in total. The maximum atomic E-state index is 12.4. The van der Waals surface area contributed by atoms with Gasteiger partial charge in [-0.3, -0.25) is 4.79 Å². The molecule has 1 unspecified atom stereocenters. The van der Waals surface area contributed by atoms with Crippen molar-refractivity contribution in [1.29, 1.82) is 0 Å². The molecular weight excluding hydrogens is 248 g/mol. The Morgan fingerprint density at radius 2 is 2.39 bits per heavy atom. The van der Waals surface area contributed by atoms with Crippen LogP contribution in [0.3, 0.4) is 0 Å². The molecule has 0 saturated carbocycles. The predicted molar refractivity (Wildman–Crippen MR) is 72.9 cm³/mol. The number of thiazole rings is 1. The average molecular weight is 268 g/mol. The number of rotatable bonds is 3. The van der Waals surface area contributed by atoms with Crippen LogP contribution in [0.1, 0.15) is 22.4 Å². The lowest BCUT2D eigenvalue weighted by Gasteiger charge is -2.37. The number of piperazine rings is 1. The summed E-state index contributed by atoms with van der Waals surface area (Å²) in [4.78, 5) is 20.9. The van der Waals surface area contributed by atoms with Crippen molar-refractivity contribution < 1.29 is 4.79 Å². The molecular formula is C12H20N4OS. The molecule has 1 fully saturated rings. The van der Waals surface area contributed by atoms with Crippen LogP contribution >= 0.6 is 11.3 Å². The standard InChI is InChI=1S/C12H20N4OS/c1-9-7-15(2)5-6-16(9)12(17)10-8-18-11(14-10)3-4-13/h8-9H,3-7,13H2,1-2H3. The molecule has 1 amide bonds. The van der Waals surface area contributed by atoms with Crippen molar-refractivity contribution in [3.8, 4) is 0 Å². The largest absolute Gasteiger partial charge is 0.332 e. The quantitative estimate of drug-likeness (QED) is 0.863. The van der Waals surface area contributed by atoms with Crippen LogP contribution in [0.2, 0.25) is 0 Å². The van der Waals surface area contributed by atoms with E-state index in [4.69, 9.17) is 5.73 Å². The first-order valence-electron chi connectivity index (χ1n) is 6.25. The number of nitrogens with zero attached hydrogens (tertiary/aromatic N) is 3. The van der Waals surface area contributed by atoms with Gasteiger partial charge in [0.25, 0.3) is 5.91 Å². The summed E-state index contributed by atoms with van der Waals surface area (Å²) < 4.78 is 0. The van der Waals surface area contributed by atoms with Crippen molar-refractivity contribution in [3.05, 3.63) is 16.1 Å². The molecule has 1 saturated heterocycles. The predicted octanol–water partition coefficient (Wildman–Crippen LogP) is 0.420. The Morgan fingerprint density at radius 1 is 1.61 bits per heavy atom. The summed E-state index contributed by atoms with van der Waals surface area (Å²) in [5, 5.41) is 2.79. The second-order valence-corrected chi connectivity index (χ2v) is 5.72. The van der Waals surface area contributed by atoms with Crippen molar-refractivity contribution >= 4 is 17.2 Å². The number of carbonyl (C=O) groups is 1. The van der Waals surface area contributed by atoms with E-state index in [1.165, 1.54) is 11.3 Å². The summed E-state index contributed by atoms with van der Waals surface area (Å²) in [6, 6.07) is 0.246. The highest BCUT2D eigenvalue weighted by atomic mass is 32.1. The molecule has 2 rings (SSSR count). The van der Waals surface area contributed by atoms with Crippen LogP contribution in [0, 0.1) is 0 Å². The second-order valence-electron chi connectivity index (χ2n) is 4.77. The molecule has 0 aromatic carbocycles. The van der Waals surface area contributed by atoms with Crippen LogP contribution in [-0.4, -0.2) is 60.0 Å². The van der Waals surface area contributed by atoms with Gasteiger partial charge in [0.2, 0.25) is 0 Å². The zero-order chi connectivity index (χ0) is 13.1. The van der Waals surface area contributed by atoms with E-state index in [0.29, 0.717) is 12.2 Å². The molecule has 1 aromatic heterocycles. The molecule has 1 aromatic rings. The van der Waals surface area contributed by atoms with E-state index in [0.717, 1.165) is 31.1 Å². The summed E-state index contributed by atoms with van der Waals surface area (Å²) >= 11 is 1.52. The highest BCUT2D eigenvalue weighted by Gasteiger charge is 2.27. The number of likely N-dealkylation sites (N-methyl/N-ethyl adjacent to an activating group) is 1. The number of amides is 1. The fourth-order valence-corrected chi connectivity index (χ4v) is 3.02. The number of hydrogen-bond acceptors (Lipinski definition) is 5. The van der Waals surface area contributed by atoms with E-state index >= 15 is 0 Å². The van der Waals surface area contributed by atoms with E-state index < -0.39 is 0 Å². The number of aromatic nitrogens is 1. The van der Waals surface area contributed by atoms with Crippen LogP contribution < -0.4 is 5.73 Å². The average Bonchev–Trinajstić information content (AvgIpc) is 2.77. The summed E-state index contributed by atoms with van der Waals surface area (Å²) in [6.45, 7) is 5.29. The third-order valence-corrected chi connectivity index (χ3v) is 4.13. The second kappa shape index (κ2) is 5.77. The molecule has 0 bridgehead atoms. The van der Waals surface area contributed by atoms with Gasteiger partial charge >= 0.3 is 0 Å². The SMILES string of the molecule is CC1CN(C)CCN1C(=O)c1csc(CCN)n1. The number of nitrogens with two attached hydrogens (primary N) is 1. The highest BCUT2D eigenvalue weighted by Crippen LogP contribution is 2.16. The van der Waals surface area contributed by atoms with Gasteiger partial charge in [-0.2, -0.15) is 0 Å². The van der Waals surface area contributed by atoms with Gasteiger partial charge < -0.3 is 15.5 Å². The third-order valence-electron chi connectivity index (χ3n) is 3.22. The lowest BCUT2D eigenvalue weighted by Crippen LogP contribution is -2.52. The maximum Gasteiger partial charge on any atom is 0.273 e. The molecule has 1 aliphatic heterocycles. The molecule has 18 heavy (non-hydrogen) atoms. The van der Waals surface area contributed by atoms with Gasteiger partial charge in [-0.15, -0.1) is 11.3 Å². The fourth-order valence-electron chi connectivity index (χ4n) is 2.24. The summed E-state index contributed by atoms with van der Waals surface area (Å²) in [5.74, 6) is 0.0510. The van der Waals surface area contributed by atoms with Gasteiger partial charge in [-0.05, 0) is 20.5 Å². The molecule has 0 aliphatic carbocycles. The minimum Gasteiger partial charge on any atom is -0.332 e. The Hall–Kier alpha value is -0.980. The normalized spacial score (nSPS) is 21.3. The van der Waals surface area contributed by atoms with E-state index in [2.05, 4.69) is 23.9 Å². The van der Waals surface area contributed by atoms with Crippen LogP contribution in [0.15, 0.2) is 5.38 Å². The van der Waals surface area contributed by atoms with Crippen LogP contribution in [0.25, 0.3) is 0 Å². The zero-order valence-corrected chi connectivity index (χ0v) is 11.7. The third kappa shape index (κ3) is 2.88. The molecule has 100 valence electrons. The monoisotopic (exact) mass is 268 g/mol. The maximum absolute atomic E-state index is 12.4. The van der Waals surface area contributed by atoms with Crippen molar-refractivity contribution in [2.75, 3.05) is 33.2 Å². The molecule has 0 spiro atoms. The summed E-state index contributed by atoms with van der Waals surface area (Å²) in [6.07, 6.45) is 0.746. The first-order chi connectivity index (χ1) is 8.61. The fraction of sp³-hybridized carbons (Fsp3) is 0.667. The minimum atomic E-state index is 0.0510. The van der Waals surface area contributed by atoms with E-state index in [-0.39, 0.29) is 11.9 Å². The molecule has 0 radical (unpaired) electrons. The number of carbonyl (C=O) groups excluding carboxylic acids is 1. The molecule has 1 aliphatic rings. The van der Waals surface area contributed by atoms with Crippen LogP contribution in [0.4, 0.5) is 0 Å². The van der Waals surface area contributed by atoms with Crippen molar-refractivity contribution in [2.24, 2.45) is 5.73 Å². The van der Waals surface area contributed by atoms with Crippen LogP contribution in [0.5, 0.6) is 0 Å². The van der Waals surface area contributed by atoms with Gasteiger partial charge in [0.15, 0.2) is 0 Å². The number of hydrogen-bond donors (Lipinski definition) is 1. The van der Waals surface area contributed by atoms with Gasteiger partial charge in [0.05, 0.1) is 5.01 Å². The van der Waals surface area contributed by atoms with E-state index in [1.807, 2.05) is 10.3 Å². The van der Waals surface area contributed by atoms with E-state index in [9.17, 15) is 4.79 Å². The first kappa shape index (κ1) is 13.5. The zero-order valence-electron chi connectivity index (χ0n) is 10.9. The Kier molecular flexibility index (Phi) is 4.31. The lowest BCUT2D eigenvalue weighted by atomic mass is 10.2. The van der Waals surface area contributed by atoms with Crippen molar-refractivity contribution in [1.82, 2.24) is 14.8 Å². The van der Waals surface area contributed by atoms with E-state index in [1.54, 1.807) is 0 Å². The van der Waals surface area contributed by atoms with Crippen LogP contribution in [-0.2, 0) is 6.42 Å². The topological polar surface area (TPSA) is 62.5 Å². The minimum absolute atomic E-state index is 0.0510. The van der Waals surface area contributed by atoms with Crippen molar-refractivity contribution in [2.45, 2.75) is 19.4 Å². The Morgan fingerprint density at radius 3 is 3.06 bits per heavy atom. The molecule has 2 N–H and O–H groups in total. The van der Waals surface area contributed by atoms with Gasteiger partial charge in [0.1, 0.15) is 5.69 Å². The van der Waals surface area contributed by atoms with Gasteiger partial charge in [0, 0.05) is 37.5 Å². The first-order valence-corrected chi connectivity index (χ1v) is 7.13. The summed E-state index contributed by atoms with van der Waals surface area (Å²) in [5.41, 5.74) is 6.06. The molecule has 1 atom stereocenters. The summed E-state index contributed by atoms with van der Waals surface area (Å²) in [7, 11) is 2.08. The Bertz CT molecular complexity index is 420. The van der Waals surface area contributed by atoms with Crippen molar-refractivity contribution in [3.63, 3.8) is 0 Å². The van der Waals surface area contributed by atoms with Gasteiger partial charge in [-0.25, -0.2) is 4.98 Å². The smallest absolute Gasteiger partial charge is 0.273 e. The van der Waals surface area contributed by atoms with Gasteiger partial charge in [-0.1, -0.05) is 0 Å². The molecule has 2 heterocycles.